The van der Waals surface area contributed by atoms with Crippen LogP contribution in [-0.2, 0) is 4.74 Å². The first-order valence-corrected chi connectivity index (χ1v) is 6.04. The van der Waals surface area contributed by atoms with E-state index in [9.17, 15) is 0 Å². The van der Waals surface area contributed by atoms with Gasteiger partial charge in [-0.1, -0.05) is 6.92 Å². The first-order valence-electron chi connectivity index (χ1n) is 4.46. The summed E-state index contributed by atoms with van der Waals surface area (Å²) in [5.74, 6) is 1.84. The molecule has 0 amide bonds. The molecule has 0 bridgehead atoms. The van der Waals surface area contributed by atoms with Crippen molar-refractivity contribution in [2.45, 2.75) is 38.5 Å². The lowest BCUT2D eigenvalue weighted by Crippen LogP contribution is -2.08. The van der Waals surface area contributed by atoms with E-state index in [2.05, 4.69) is 20.8 Å². The summed E-state index contributed by atoms with van der Waals surface area (Å²) in [6.07, 6.45) is 1.45. The molecule has 1 unspecified atom stereocenters. The minimum Gasteiger partial charge on any atom is -0.378 e. The average Bonchev–Trinajstić information content (AvgIpc) is 1.98. The zero-order chi connectivity index (χ0) is 9.40. The van der Waals surface area contributed by atoms with Gasteiger partial charge in [-0.05, 0) is 20.3 Å². The van der Waals surface area contributed by atoms with Crippen molar-refractivity contribution < 1.29 is 4.74 Å². The zero-order valence-corrected chi connectivity index (χ0v) is 9.75. The summed E-state index contributed by atoms with van der Waals surface area (Å²) in [4.78, 5) is 0. The molecular weight excluding hydrogens is 192 g/mol. The highest BCUT2D eigenvalue weighted by Crippen LogP contribution is 2.14. The summed E-state index contributed by atoms with van der Waals surface area (Å²) in [5.41, 5.74) is 0. The van der Waals surface area contributed by atoms with Gasteiger partial charge in [0.1, 0.15) is 0 Å². The number of alkyl halides is 1. The van der Waals surface area contributed by atoms with Gasteiger partial charge in [0.05, 0.1) is 12.7 Å². The van der Waals surface area contributed by atoms with E-state index in [1.165, 1.54) is 0 Å². The molecule has 0 saturated heterocycles. The highest BCUT2D eigenvalue weighted by Gasteiger charge is 2.01. The van der Waals surface area contributed by atoms with Gasteiger partial charge in [0.2, 0.25) is 0 Å². The van der Waals surface area contributed by atoms with Gasteiger partial charge in [0.15, 0.2) is 0 Å². The van der Waals surface area contributed by atoms with Crippen molar-refractivity contribution in [2.75, 3.05) is 18.2 Å². The van der Waals surface area contributed by atoms with Gasteiger partial charge in [-0.2, -0.15) is 11.8 Å². The van der Waals surface area contributed by atoms with E-state index in [1.807, 2.05) is 11.8 Å². The molecule has 0 aliphatic rings. The smallest absolute Gasteiger partial charge is 0.0560 e. The van der Waals surface area contributed by atoms with Gasteiger partial charge in [-0.15, -0.1) is 11.6 Å². The fourth-order valence-electron chi connectivity index (χ4n) is 0.770. The lowest BCUT2D eigenvalue weighted by molar-refractivity contribution is 0.0920. The molecule has 0 heterocycles. The molecule has 0 N–H and O–H groups in total. The van der Waals surface area contributed by atoms with Crippen LogP contribution in [0.4, 0.5) is 0 Å². The quantitative estimate of drug-likeness (QED) is 0.472. The zero-order valence-electron chi connectivity index (χ0n) is 8.18. The Morgan fingerprint density at radius 3 is 2.50 bits per heavy atom. The predicted octanol–water partition coefficient (Wildman–Crippen LogP) is 3.16. The molecule has 0 aliphatic carbocycles. The van der Waals surface area contributed by atoms with Crippen LogP contribution in [0.25, 0.3) is 0 Å². The Bertz CT molecular complexity index is 98.5. The molecule has 0 aromatic rings. The molecule has 12 heavy (non-hydrogen) atoms. The topological polar surface area (TPSA) is 9.23 Å². The molecule has 0 fully saturated rings. The van der Waals surface area contributed by atoms with Crippen molar-refractivity contribution in [1.29, 1.82) is 0 Å². The van der Waals surface area contributed by atoms with Crippen LogP contribution in [0.5, 0.6) is 0 Å². The summed E-state index contributed by atoms with van der Waals surface area (Å²) in [5, 5.41) is 0.665. The number of ether oxygens (including phenoxy) is 1. The molecule has 0 aromatic heterocycles. The molecule has 0 spiro atoms. The second-order valence-corrected chi connectivity index (χ2v) is 5.00. The van der Waals surface area contributed by atoms with Gasteiger partial charge in [0, 0.05) is 16.9 Å². The van der Waals surface area contributed by atoms with Crippen molar-refractivity contribution in [3.63, 3.8) is 0 Å². The Hall–Kier alpha value is 0.600. The van der Waals surface area contributed by atoms with E-state index in [1.54, 1.807) is 0 Å². The molecule has 0 aromatic carbocycles. The van der Waals surface area contributed by atoms with Crippen molar-refractivity contribution in [3.8, 4) is 0 Å². The molecule has 1 atom stereocenters. The maximum atomic E-state index is 5.62. The standard InChI is InChI=1S/C9H19ClOS/c1-8(2)11-6-7-12-9(3)4-5-10/h8-9H,4-7H2,1-3H3. The Morgan fingerprint density at radius 1 is 1.33 bits per heavy atom. The molecule has 0 rings (SSSR count). The Kier molecular flexibility index (Phi) is 8.62. The molecule has 0 radical (unpaired) electrons. The van der Waals surface area contributed by atoms with Crippen LogP contribution in [0, 0.1) is 0 Å². The molecule has 1 nitrogen and oxygen atoms in total. The molecule has 0 saturated carbocycles. The van der Waals surface area contributed by atoms with Gasteiger partial charge in [-0.25, -0.2) is 0 Å². The molecule has 0 aliphatic heterocycles. The number of hydrogen-bond donors (Lipinski definition) is 0. The van der Waals surface area contributed by atoms with Crippen molar-refractivity contribution in [3.05, 3.63) is 0 Å². The van der Waals surface area contributed by atoms with E-state index in [4.69, 9.17) is 16.3 Å². The van der Waals surface area contributed by atoms with Gasteiger partial charge in [0.25, 0.3) is 0 Å². The van der Waals surface area contributed by atoms with Gasteiger partial charge < -0.3 is 4.74 Å². The highest BCUT2D eigenvalue weighted by atomic mass is 35.5. The summed E-state index contributed by atoms with van der Waals surface area (Å²) in [7, 11) is 0. The van der Waals surface area contributed by atoms with Crippen LogP contribution in [0.15, 0.2) is 0 Å². The van der Waals surface area contributed by atoms with Gasteiger partial charge in [-0.3, -0.25) is 0 Å². The van der Waals surface area contributed by atoms with E-state index >= 15 is 0 Å². The fourth-order valence-corrected chi connectivity index (χ4v) is 2.11. The van der Waals surface area contributed by atoms with Crippen LogP contribution in [0.3, 0.4) is 0 Å². The first kappa shape index (κ1) is 12.6. The number of thioether (sulfide) groups is 1. The average molecular weight is 211 g/mol. The van der Waals surface area contributed by atoms with Crippen LogP contribution in [0.2, 0.25) is 0 Å². The Morgan fingerprint density at radius 2 is 2.00 bits per heavy atom. The van der Waals surface area contributed by atoms with Crippen LogP contribution >= 0.6 is 23.4 Å². The van der Waals surface area contributed by atoms with E-state index < -0.39 is 0 Å². The molecular formula is C9H19ClOS. The third-order valence-electron chi connectivity index (χ3n) is 1.45. The minimum atomic E-state index is 0.355. The summed E-state index contributed by atoms with van der Waals surface area (Å²) < 4.78 is 5.42. The molecule has 74 valence electrons. The largest absolute Gasteiger partial charge is 0.378 e. The maximum Gasteiger partial charge on any atom is 0.0560 e. The Balaban J connectivity index is 3.08. The van der Waals surface area contributed by atoms with Crippen molar-refractivity contribution in [1.82, 2.24) is 0 Å². The number of hydrogen-bond acceptors (Lipinski definition) is 2. The fraction of sp³-hybridized carbons (Fsp3) is 1.00. The van der Waals surface area contributed by atoms with Gasteiger partial charge >= 0.3 is 0 Å². The van der Waals surface area contributed by atoms with E-state index in [0.717, 1.165) is 24.7 Å². The monoisotopic (exact) mass is 210 g/mol. The summed E-state index contributed by atoms with van der Waals surface area (Å²) in [6, 6.07) is 0. The number of rotatable bonds is 7. The van der Waals surface area contributed by atoms with E-state index in [-0.39, 0.29) is 0 Å². The van der Waals surface area contributed by atoms with Crippen molar-refractivity contribution in [2.24, 2.45) is 0 Å². The second-order valence-electron chi connectivity index (χ2n) is 3.08. The van der Waals surface area contributed by atoms with Crippen LogP contribution in [0.1, 0.15) is 27.2 Å². The molecule has 3 heteroatoms. The lowest BCUT2D eigenvalue weighted by Gasteiger charge is -2.10. The minimum absolute atomic E-state index is 0.355. The van der Waals surface area contributed by atoms with Crippen molar-refractivity contribution >= 4 is 23.4 Å². The normalized spacial score (nSPS) is 13.8. The highest BCUT2D eigenvalue weighted by molar-refractivity contribution is 7.99. The first-order chi connectivity index (χ1) is 5.66. The number of halogens is 1. The van der Waals surface area contributed by atoms with E-state index in [0.29, 0.717) is 11.4 Å². The summed E-state index contributed by atoms with van der Waals surface area (Å²) >= 11 is 7.55. The van der Waals surface area contributed by atoms with Crippen LogP contribution < -0.4 is 0 Å². The van der Waals surface area contributed by atoms with Crippen LogP contribution in [-0.4, -0.2) is 29.6 Å². The SMILES string of the molecule is CC(C)OCCSC(C)CCCl. The Labute approximate surface area is 85.2 Å². The predicted molar refractivity (Wildman–Crippen MR) is 58.3 cm³/mol. The third-order valence-corrected chi connectivity index (χ3v) is 2.88. The lowest BCUT2D eigenvalue weighted by atomic mass is 10.4. The maximum absolute atomic E-state index is 5.62. The third kappa shape index (κ3) is 8.69. The summed E-state index contributed by atoms with van der Waals surface area (Å²) in [6.45, 7) is 7.19. The second kappa shape index (κ2) is 8.21.